The summed E-state index contributed by atoms with van der Waals surface area (Å²) in [6.45, 7) is -0.689. The minimum atomic E-state index is -1.35. The zero-order valence-corrected chi connectivity index (χ0v) is 9.44. The van der Waals surface area contributed by atoms with Crippen molar-refractivity contribution in [2.45, 2.75) is 6.04 Å². The number of rotatable bonds is 4. The van der Waals surface area contributed by atoms with Gasteiger partial charge in [0, 0.05) is 0 Å². The first-order chi connectivity index (χ1) is 8.04. The van der Waals surface area contributed by atoms with E-state index < -0.39 is 24.6 Å². The van der Waals surface area contributed by atoms with Crippen molar-refractivity contribution in [3.8, 4) is 0 Å². The molecule has 92 valence electrons. The zero-order valence-electron chi connectivity index (χ0n) is 8.68. The Bertz CT molecular complexity index is 425. The summed E-state index contributed by atoms with van der Waals surface area (Å²) in [6, 6.07) is 4.41. The molecule has 6 nitrogen and oxygen atoms in total. The molecular formula is C10H11ClN2O4. The summed E-state index contributed by atoms with van der Waals surface area (Å²) in [5.41, 5.74) is 0.355. The van der Waals surface area contributed by atoms with Crippen molar-refractivity contribution in [1.82, 2.24) is 5.32 Å². The van der Waals surface area contributed by atoms with Crippen molar-refractivity contribution in [2.75, 3.05) is 11.9 Å². The first kappa shape index (κ1) is 13.3. The Morgan fingerprint density at radius 2 is 2.00 bits per heavy atom. The predicted molar refractivity (Wildman–Crippen MR) is 62.1 cm³/mol. The number of nitrogens with one attached hydrogen (secondary N) is 2. The van der Waals surface area contributed by atoms with E-state index in [4.69, 9.17) is 21.8 Å². The molecule has 2 amide bonds. The van der Waals surface area contributed by atoms with Crippen LogP contribution < -0.4 is 10.6 Å². The molecule has 0 heterocycles. The second kappa shape index (κ2) is 6.07. The SMILES string of the molecule is O=C(Nc1ccccc1Cl)N[C@H](CO)C(=O)O. The van der Waals surface area contributed by atoms with E-state index in [0.29, 0.717) is 10.7 Å². The maximum absolute atomic E-state index is 11.4. The summed E-state index contributed by atoms with van der Waals surface area (Å²) in [5, 5.41) is 22.1. The average Bonchev–Trinajstić information content (AvgIpc) is 2.28. The van der Waals surface area contributed by atoms with Crippen LogP contribution in [0.3, 0.4) is 0 Å². The van der Waals surface area contributed by atoms with E-state index in [0.717, 1.165) is 0 Å². The van der Waals surface area contributed by atoms with Crippen LogP contribution in [0.2, 0.25) is 5.02 Å². The monoisotopic (exact) mass is 258 g/mol. The topological polar surface area (TPSA) is 98.7 Å². The van der Waals surface area contributed by atoms with E-state index in [2.05, 4.69) is 10.6 Å². The van der Waals surface area contributed by atoms with Gasteiger partial charge in [-0.3, -0.25) is 0 Å². The molecule has 0 aliphatic heterocycles. The highest BCUT2D eigenvalue weighted by Gasteiger charge is 2.18. The molecule has 1 rings (SSSR count). The molecule has 0 unspecified atom stereocenters. The Hall–Kier alpha value is -1.79. The molecule has 1 aromatic rings. The number of benzene rings is 1. The first-order valence-electron chi connectivity index (χ1n) is 4.70. The van der Waals surface area contributed by atoms with Crippen molar-refractivity contribution in [3.05, 3.63) is 29.3 Å². The second-order valence-electron chi connectivity index (χ2n) is 3.15. The summed E-state index contributed by atoms with van der Waals surface area (Å²) in [6.07, 6.45) is 0. The number of halogens is 1. The van der Waals surface area contributed by atoms with Gasteiger partial charge >= 0.3 is 12.0 Å². The predicted octanol–water partition coefficient (Wildman–Crippen LogP) is 0.907. The van der Waals surface area contributed by atoms with Gasteiger partial charge in [-0.15, -0.1) is 0 Å². The zero-order chi connectivity index (χ0) is 12.8. The Balaban J connectivity index is 2.61. The van der Waals surface area contributed by atoms with Crippen LogP contribution in [0.5, 0.6) is 0 Å². The molecule has 7 heteroatoms. The number of amides is 2. The summed E-state index contributed by atoms with van der Waals surface area (Å²) in [5.74, 6) is -1.32. The number of carbonyl (C=O) groups excluding carboxylic acids is 1. The van der Waals surface area contributed by atoms with E-state index in [1.807, 2.05) is 0 Å². The molecule has 0 aliphatic carbocycles. The number of anilines is 1. The molecule has 0 fully saturated rings. The van der Waals surface area contributed by atoms with E-state index in [9.17, 15) is 9.59 Å². The number of aliphatic hydroxyl groups excluding tert-OH is 1. The van der Waals surface area contributed by atoms with Crippen molar-refractivity contribution in [3.63, 3.8) is 0 Å². The Labute approximate surface area is 102 Å². The fourth-order valence-electron chi connectivity index (χ4n) is 1.06. The summed E-state index contributed by atoms with van der Waals surface area (Å²) >= 11 is 5.79. The number of para-hydroxylation sites is 1. The second-order valence-corrected chi connectivity index (χ2v) is 3.56. The molecule has 1 aromatic carbocycles. The molecule has 0 aliphatic rings. The van der Waals surface area contributed by atoms with Gasteiger partial charge in [-0.1, -0.05) is 23.7 Å². The highest BCUT2D eigenvalue weighted by Crippen LogP contribution is 2.19. The first-order valence-corrected chi connectivity index (χ1v) is 5.08. The van der Waals surface area contributed by atoms with Crippen molar-refractivity contribution < 1.29 is 19.8 Å². The van der Waals surface area contributed by atoms with Crippen LogP contribution in [-0.4, -0.2) is 34.9 Å². The Kier molecular flexibility index (Phi) is 4.74. The molecule has 0 saturated carbocycles. The van der Waals surface area contributed by atoms with Crippen LogP contribution in [0.4, 0.5) is 10.5 Å². The number of carboxylic acids is 1. The fourth-order valence-corrected chi connectivity index (χ4v) is 1.25. The van der Waals surface area contributed by atoms with Gasteiger partial charge < -0.3 is 20.8 Å². The number of aliphatic carboxylic acids is 1. The molecule has 0 saturated heterocycles. The molecule has 0 bridgehead atoms. The maximum Gasteiger partial charge on any atom is 0.328 e. The molecule has 0 radical (unpaired) electrons. The lowest BCUT2D eigenvalue weighted by molar-refractivity contribution is -0.140. The average molecular weight is 259 g/mol. The van der Waals surface area contributed by atoms with Crippen LogP contribution >= 0.6 is 11.6 Å². The van der Waals surface area contributed by atoms with Crippen LogP contribution in [-0.2, 0) is 4.79 Å². The van der Waals surface area contributed by atoms with Crippen LogP contribution in [0.25, 0.3) is 0 Å². The van der Waals surface area contributed by atoms with Gasteiger partial charge in [-0.25, -0.2) is 9.59 Å². The number of aliphatic hydroxyl groups is 1. The van der Waals surface area contributed by atoms with Crippen LogP contribution in [0.1, 0.15) is 0 Å². The minimum absolute atomic E-state index is 0.332. The molecular weight excluding hydrogens is 248 g/mol. The quantitative estimate of drug-likeness (QED) is 0.645. The smallest absolute Gasteiger partial charge is 0.328 e. The Morgan fingerprint density at radius 1 is 1.35 bits per heavy atom. The third-order valence-corrected chi connectivity index (χ3v) is 2.24. The Morgan fingerprint density at radius 3 is 2.53 bits per heavy atom. The summed E-state index contributed by atoms with van der Waals surface area (Å²) < 4.78 is 0. The summed E-state index contributed by atoms with van der Waals surface area (Å²) in [7, 11) is 0. The third kappa shape index (κ3) is 3.93. The number of carbonyl (C=O) groups is 2. The van der Waals surface area contributed by atoms with Gasteiger partial charge in [0.05, 0.1) is 17.3 Å². The number of carboxylic acid groups (broad SMARTS) is 1. The lowest BCUT2D eigenvalue weighted by atomic mass is 10.3. The largest absolute Gasteiger partial charge is 0.480 e. The van der Waals surface area contributed by atoms with Gasteiger partial charge in [0.15, 0.2) is 6.04 Å². The van der Waals surface area contributed by atoms with Crippen molar-refractivity contribution in [1.29, 1.82) is 0 Å². The van der Waals surface area contributed by atoms with E-state index in [1.54, 1.807) is 24.3 Å². The van der Waals surface area contributed by atoms with E-state index >= 15 is 0 Å². The van der Waals surface area contributed by atoms with Crippen LogP contribution in [0, 0.1) is 0 Å². The number of hydrogen-bond donors (Lipinski definition) is 4. The third-order valence-electron chi connectivity index (χ3n) is 1.91. The highest BCUT2D eigenvalue weighted by atomic mass is 35.5. The fraction of sp³-hybridized carbons (Fsp3) is 0.200. The number of hydrogen-bond acceptors (Lipinski definition) is 3. The minimum Gasteiger partial charge on any atom is -0.480 e. The molecule has 0 aromatic heterocycles. The highest BCUT2D eigenvalue weighted by molar-refractivity contribution is 6.33. The molecule has 0 spiro atoms. The van der Waals surface area contributed by atoms with E-state index in [1.165, 1.54) is 0 Å². The van der Waals surface area contributed by atoms with Crippen molar-refractivity contribution >= 4 is 29.3 Å². The lowest BCUT2D eigenvalue weighted by Gasteiger charge is -2.13. The van der Waals surface area contributed by atoms with Gasteiger partial charge in [0.1, 0.15) is 0 Å². The van der Waals surface area contributed by atoms with Gasteiger partial charge in [-0.05, 0) is 12.1 Å². The van der Waals surface area contributed by atoms with Gasteiger partial charge in [-0.2, -0.15) is 0 Å². The van der Waals surface area contributed by atoms with Crippen LogP contribution in [0.15, 0.2) is 24.3 Å². The van der Waals surface area contributed by atoms with Crippen molar-refractivity contribution in [2.24, 2.45) is 0 Å². The molecule has 4 N–H and O–H groups in total. The molecule has 17 heavy (non-hydrogen) atoms. The van der Waals surface area contributed by atoms with Gasteiger partial charge in [0.25, 0.3) is 0 Å². The standard InChI is InChI=1S/C10H11ClN2O4/c11-6-3-1-2-4-7(6)12-10(17)13-8(5-14)9(15)16/h1-4,8,14H,5H2,(H,15,16)(H2,12,13,17)/t8-/m1/s1. The summed E-state index contributed by atoms with van der Waals surface area (Å²) in [4.78, 5) is 21.9. The van der Waals surface area contributed by atoms with Gasteiger partial charge in [0.2, 0.25) is 0 Å². The normalized spacial score (nSPS) is 11.6. The maximum atomic E-state index is 11.4. The molecule has 1 atom stereocenters. The van der Waals surface area contributed by atoms with E-state index in [-0.39, 0.29) is 0 Å². The number of urea groups is 1. The lowest BCUT2D eigenvalue weighted by Crippen LogP contribution is -2.45.